The van der Waals surface area contributed by atoms with E-state index in [0.29, 0.717) is 4.47 Å². The largest absolute Gasteiger partial charge is 0.505 e. The van der Waals surface area contributed by atoms with Crippen molar-refractivity contribution in [3.63, 3.8) is 0 Å². The second-order valence-electron chi connectivity index (χ2n) is 3.03. The molecule has 1 rings (SSSR count). The molecule has 0 heterocycles. The van der Waals surface area contributed by atoms with E-state index in [1.165, 1.54) is 20.2 Å². The highest BCUT2D eigenvalue weighted by atomic mass is 79.9. The maximum absolute atomic E-state index is 11.5. The summed E-state index contributed by atoms with van der Waals surface area (Å²) in [6, 6.07) is 4.71. The SMILES string of the molecule is CN(C)S(=O)(=O)Nc1cccc(Br)c1O. The Bertz CT molecular complexity index is 459. The summed E-state index contributed by atoms with van der Waals surface area (Å²) in [4.78, 5) is 0. The molecule has 7 heteroatoms. The standard InChI is InChI=1S/C8H11BrN2O3S/c1-11(2)15(13,14)10-7-5-3-4-6(9)8(7)12/h3-5,10,12H,1-2H3. The number of anilines is 1. The van der Waals surface area contributed by atoms with E-state index < -0.39 is 10.2 Å². The first-order chi connectivity index (χ1) is 6.84. The molecular weight excluding hydrogens is 284 g/mol. The van der Waals surface area contributed by atoms with Gasteiger partial charge in [-0.1, -0.05) is 6.07 Å². The van der Waals surface area contributed by atoms with Crippen molar-refractivity contribution in [1.82, 2.24) is 4.31 Å². The van der Waals surface area contributed by atoms with Gasteiger partial charge in [-0.15, -0.1) is 0 Å². The Morgan fingerprint density at radius 3 is 2.53 bits per heavy atom. The van der Waals surface area contributed by atoms with Crippen LogP contribution in [-0.4, -0.2) is 31.9 Å². The van der Waals surface area contributed by atoms with Gasteiger partial charge >= 0.3 is 10.2 Å². The van der Waals surface area contributed by atoms with Crippen molar-refractivity contribution in [3.8, 4) is 5.75 Å². The van der Waals surface area contributed by atoms with E-state index in [4.69, 9.17) is 0 Å². The summed E-state index contributed by atoms with van der Waals surface area (Å²) in [5, 5.41) is 9.55. The van der Waals surface area contributed by atoms with Crippen molar-refractivity contribution < 1.29 is 13.5 Å². The van der Waals surface area contributed by atoms with Crippen LogP contribution in [0.2, 0.25) is 0 Å². The lowest BCUT2D eigenvalue weighted by atomic mass is 10.3. The number of rotatable bonds is 3. The number of benzene rings is 1. The number of halogens is 1. The molecule has 0 amide bonds. The van der Waals surface area contributed by atoms with E-state index in [1.54, 1.807) is 12.1 Å². The fraction of sp³-hybridized carbons (Fsp3) is 0.250. The molecule has 0 aromatic heterocycles. The van der Waals surface area contributed by atoms with E-state index in [0.717, 1.165) is 4.31 Å². The Labute approximate surface area is 97.0 Å². The third kappa shape index (κ3) is 2.83. The van der Waals surface area contributed by atoms with Gasteiger partial charge in [-0.05, 0) is 28.1 Å². The molecule has 0 aliphatic carbocycles. The zero-order valence-corrected chi connectivity index (χ0v) is 10.6. The molecule has 0 aliphatic heterocycles. The Morgan fingerprint density at radius 2 is 2.00 bits per heavy atom. The molecule has 5 nitrogen and oxygen atoms in total. The summed E-state index contributed by atoms with van der Waals surface area (Å²) in [6.07, 6.45) is 0. The van der Waals surface area contributed by atoms with Crippen LogP contribution in [0, 0.1) is 0 Å². The maximum Gasteiger partial charge on any atom is 0.301 e. The minimum Gasteiger partial charge on any atom is -0.505 e. The first-order valence-electron chi connectivity index (χ1n) is 4.02. The van der Waals surface area contributed by atoms with Crippen LogP contribution in [-0.2, 0) is 10.2 Å². The molecule has 0 bridgehead atoms. The van der Waals surface area contributed by atoms with Crippen molar-refractivity contribution in [1.29, 1.82) is 0 Å². The molecule has 0 unspecified atom stereocenters. The van der Waals surface area contributed by atoms with Gasteiger partial charge in [0.15, 0.2) is 5.75 Å². The summed E-state index contributed by atoms with van der Waals surface area (Å²) < 4.78 is 26.6. The molecule has 0 atom stereocenters. The fourth-order valence-corrected chi connectivity index (χ4v) is 1.82. The third-order valence-electron chi connectivity index (χ3n) is 1.71. The van der Waals surface area contributed by atoms with Gasteiger partial charge in [0.25, 0.3) is 0 Å². The molecule has 0 spiro atoms. The topological polar surface area (TPSA) is 69.6 Å². The number of para-hydroxylation sites is 1. The quantitative estimate of drug-likeness (QED) is 0.828. The lowest BCUT2D eigenvalue weighted by Crippen LogP contribution is -2.28. The van der Waals surface area contributed by atoms with Crippen LogP contribution in [0.25, 0.3) is 0 Å². The van der Waals surface area contributed by atoms with Crippen molar-refractivity contribution >= 4 is 31.8 Å². The average Bonchev–Trinajstić information content (AvgIpc) is 2.12. The van der Waals surface area contributed by atoms with Gasteiger partial charge < -0.3 is 5.11 Å². The molecule has 0 saturated carbocycles. The molecule has 84 valence electrons. The van der Waals surface area contributed by atoms with E-state index >= 15 is 0 Å². The van der Waals surface area contributed by atoms with Crippen LogP contribution in [0.15, 0.2) is 22.7 Å². The molecule has 0 fully saturated rings. The number of phenolic OH excluding ortho intramolecular Hbond substituents is 1. The van der Waals surface area contributed by atoms with Gasteiger partial charge in [-0.3, -0.25) is 4.72 Å². The van der Waals surface area contributed by atoms with Crippen molar-refractivity contribution in [2.24, 2.45) is 0 Å². The van der Waals surface area contributed by atoms with Gasteiger partial charge in [0.1, 0.15) is 0 Å². The van der Waals surface area contributed by atoms with Crippen LogP contribution in [0.3, 0.4) is 0 Å². The van der Waals surface area contributed by atoms with Crippen LogP contribution >= 0.6 is 15.9 Å². The van der Waals surface area contributed by atoms with Gasteiger partial charge in [0.2, 0.25) is 0 Å². The predicted molar refractivity (Wildman–Crippen MR) is 62.0 cm³/mol. The predicted octanol–water partition coefficient (Wildman–Crippen LogP) is 1.37. The Morgan fingerprint density at radius 1 is 1.40 bits per heavy atom. The third-order valence-corrected chi connectivity index (χ3v) is 3.79. The Balaban J connectivity index is 3.06. The van der Waals surface area contributed by atoms with Crippen LogP contribution in [0.5, 0.6) is 5.75 Å². The van der Waals surface area contributed by atoms with Crippen LogP contribution < -0.4 is 4.72 Å². The van der Waals surface area contributed by atoms with Gasteiger partial charge in [0.05, 0.1) is 10.2 Å². The molecule has 1 aromatic carbocycles. The summed E-state index contributed by atoms with van der Waals surface area (Å²) in [5.41, 5.74) is 0.137. The highest BCUT2D eigenvalue weighted by molar-refractivity contribution is 9.10. The highest BCUT2D eigenvalue weighted by Gasteiger charge is 2.15. The monoisotopic (exact) mass is 294 g/mol. The van der Waals surface area contributed by atoms with Crippen LogP contribution in [0.4, 0.5) is 5.69 Å². The molecule has 15 heavy (non-hydrogen) atoms. The van der Waals surface area contributed by atoms with Gasteiger partial charge in [-0.2, -0.15) is 12.7 Å². The van der Waals surface area contributed by atoms with Gasteiger partial charge in [0, 0.05) is 14.1 Å². The first-order valence-corrected chi connectivity index (χ1v) is 6.25. The molecule has 1 aromatic rings. The zero-order chi connectivity index (χ0) is 11.6. The van der Waals surface area contributed by atoms with Crippen molar-refractivity contribution in [3.05, 3.63) is 22.7 Å². The number of nitrogens with zero attached hydrogens (tertiary/aromatic N) is 1. The summed E-state index contributed by atoms with van der Waals surface area (Å²) >= 11 is 3.09. The minimum absolute atomic E-state index is 0.136. The van der Waals surface area contributed by atoms with E-state index in [1.807, 2.05) is 0 Å². The Kier molecular flexibility index (Phi) is 3.58. The fourth-order valence-electron chi connectivity index (χ4n) is 0.828. The summed E-state index contributed by atoms with van der Waals surface area (Å²) in [7, 11) is -0.788. The number of hydrogen-bond donors (Lipinski definition) is 2. The van der Waals surface area contributed by atoms with Crippen LogP contribution in [0.1, 0.15) is 0 Å². The number of nitrogens with one attached hydrogen (secondary N) is 1. The average molecular weight is 295 g/mol. The minimum atomic E-state index is -3.59. The molecule has 0 radical (unpaired) electrons. The molecular formula is C8H11BrN2O3S. The van der Waals surface area contributed by atoms with Crippen molar-refractivity contribution in [2.75, 3.05) is 18.8 Å². The smallest absolute Gasteiger partial charge is 0.301 e. The second kappa shape index (κ2) is 4.38. The van der Waals surface area contributed by atoms with Gasteiger partial charge in [-0.25, -0.2) is 0 Å². The Hall–Kier alpha value is -0.790. The number of phenols is 1. The summed E-state index contributed by atoms with van der Waals surface area (Å²) in [6.45, 7) is 0. The van der Waals surface area contributed by atoms with E-state index in [2.05, 4.69) is 20.7 Å². The lowest BCUT2D eigenvalue weighted by Gasteiger charge is -2.14. The first kappa shape index (κ1) is 12.3. The lowest BCUT2D eigenvalue weighted by molar-refractivity contribution is 0.473. The van der Waals surface area contributed by atoms with Crippen molar-refractivity contribution in [2.45, 2.75) is 0 Å². The maximum atomic E-state index is 11.5. The normalized spacial score (nSPS) is 11.7. The number of hydrogen-bond acceptors (Lipinski definition) is 3. The zero-order valence-electron chi connectivity index (χ0n) is 8.23. The number of aromatic hydroxyl groups is 1. The highest BCUT2D eigenvalue weighted by Crippen LogP contribution is 2.32. The molecule has 0 aliphatic rings. The second-order valence-corrected chi connectivity index (χ2v) is 5.76. The molecule has 0 saturated heterocycles. The molecule has 2 N–H and O–H groups in total. The van der Waals surface area contributed by atoms with E-state index in [-0.39, 0.29) is 11.4 Å². The summed E-state index contributed by atoms with van der Waals surface area (Å²) in [5.74, 6) is -0.136. The van der Waals surface area contributed by atoms with E-state index in [9.17, 15) is 13.5 Å².